The fraction of sp³-hybridized carbons (Fsp3) is 0.478. The van der Waals surface area contributed by atoms with Gasteiger partial charge in [0.1, 0.15) is 11.5 Å². The van der Waals surface area contributed by atoms with Gasteiger partial charge < -0.3 is 9.47 Å². The number of methoxy groups -OCH3 is 2. The summed E-state index contributed by atoms with van der Waals surface area (Å²) in [5.74, 6) is 1.25. The number of benzene rings is 2. The lowest BCUT2D eigenvalue weighted by molar-refractivity contribution is 0.212. The summed E-state index contributed by atoms with van der Waals surface area (Å²) < 4.78 is 67.1. The SMILES string of the molecule is COc1ccc(S(=O)(=O)N2CCN(S(=O)(=O)c3ccc(OC)c(C)c3C)C(C)C2)c(C)c1C. The molecule has 1 heterocycles. The van der Waals surface area contributed by atoms with Gasteiger partial charge in [-0.2, -0.15) is 8.61 Å². The van der Waals surface area contributed by atoms with Crippen molar-refractivity contribution in [1.82, 2.24) is 8.61 Å². The van der Waals surface area contributed by atoms with Crippen LogP contribution in [0.25, 0.3) is 0 Å². The van der Waals surface area contributed by atoms with Gasteiger partial charge in [0.15, 0.2) is 0 Å². The van der Waals surface area contributed by atoms with E-state index in [2.05, 4.69) is 0 Å². The molecule has 0 saturated carbocycles. The maximum atomic E-state index is 13.5. The summed E-state index contributed by atoms with van der Waals surface area (Å²) in [5.41, 5.74) is 2.78. The highest BCUT2D eigenvalue weighted by Gasteiger charge is 2.39. The zero-order chi connectivity index (χ0) is 24.7. The third-order valence-corrected chi connectivity index (χ3v) is 10.7. The van der Waals surface area contributed by atoms with Crippen LogP contribution in [-0.4, -0.2) is 65.3 Å². The van der Waals surface area contributed by atoms with Gasteiger partial charge in [-0.3, -0.25) is 0 Å². The van der Waals surface area contributed by atoms with Gasteiger partial charge in [0, 0.05) is 25.7 Å². The first kappa shape index (κ1) is 25.5. The molecule has 0 amide bonds. The van der Waals surface area contributed by atoms with Crippen molar-refractivity contribution in [2.75, 3.05) is 33.9 Å². The van der Waals surface area contributed by atoms with Crippen LogP contribution in [0.15, 0.2) is 34.1 Å². The van der Waals surface area contributed by atoms with Gasteiger partial charge in [0.25, 0.3) is 0 Å². The van der Waals surface area contributed by atoms with Crippen molar-refractivity contribution in [2.45, 2.75) is 50.5 Å². The van der Waals surface area contributed by atoms with Crippen LogP contribution in [0, 0.1) is 27.7 Å². The number of ether oxygens (including phenoxy) is 2. The van der Waals surface area contributed by atoms with E-state index in [-0.39, 0.29) is 29.4 Å². The molecule has 2 aromatic carbocycles. The first-order valence-electron chi connectivity index (χ1n) is 10.7. The van der Waals surface area contributed by atoms with Crippen molar-refractivity contribution in [3.05, 3.63) is 46.5 Å². The highest BCUT2D eigenvalue weighted by Crippen LogP contribution is 2.33. The maximum absolute atomic E-state index is 13.5. The van der Waals surface area contributed by atoms with E-state index in [9.17, 15) is 16.8 Å². The summed E-state index contributed by atoms with van der Waals surface area (Å²) in [4.78, 5) is 0.427. The molecule has 1 saturated heterocycles. The molecule has 1 fully saturated rings. The Kier molecular flexibility index (Phi) is 7.14. The molecule has 3 rings (SSSR count). The highest BCUT2D eigenvalue weighted by molar-refractivity contribution is 7.89. The smallest absolute Gasteiger partial charge is 0.243 e. The van der Waals surface area contributed by atoms with E-state index in [0.29, 0.717) is 22.6 Å². The molecule has 0 radical (unpaired) electrons. The maximum Gasteiger partial charge on any atom is 0.243 e. The standard InChI is InChI=1S/C23H32N2O6S2/c1-15-14-24(32(26,27)22-10-8-20(30-6)16(2)18(22)4)12-13-25(15)33(28,29)23-11-9-21(31-7)17(3)19(23)5/h8-11,15H,12-14H2,1-7H3. The van der Waals surface area contributed by atoms with Crippen molar-refractivity contribution in [3.8, 4) is 11.5 Å². The Balaban J connectivity index is 1.90. The molecule has 1 unspecified atom stereocenters. The van der Waals surface area contributed by atoms with Gasteiger partial charge in [-0.25, -0.2) is 16.8 Å². The van der Waals surface area contributed by atoms with Crippen LogP contribution in [0.1, 0.15) is 29.2 Å². The van der Waals surface area contributed by atoms with Gasteiger partial charge in [0.05, 0.1) is 24.0 Å². The molecule has 182 valence electrons. The molecule has 1 aliphatic rings. The van der Waals surface area contributed by atoms with Crippen LogP contribution in [0.3, 0.4) is 0 Å². The summed E-state index contributed by atoms with van der Waals surface area (Å²) in [7, 11) is -4.51. The van der Waals surface area contributed by atoms with Gasteiger partial charge in [0.2, 0.25) is 20.0 Å². The van der Waals surface area contributed by atoms with E-state index < -0.39 is 26.1 Å². The van der Waals surface area contributed by atoms with Crippen LogP contribution in [0.5, 0.6) is 11.5 Å². The van der Waals surface area contributed by atoms with Crippen molar-refractivity contribution in [1.29, 1.82) is 0 Å². The molecule has 0 spiro atoms. The minimum atomic E-state index is -3.81. The lowest BCUT2D eigenvalue weighted by atomic mass is 10.1. The van der Waals surface area contributed by atoms with Gasteiger partial charge in [-0.05, 0) is 81.1 Å². The minimum absolute atomic E-state index is 0.0697. The van der Waals surface area contributed by atoms with E-state index >= 15 is 0 Å². The number of sulfonamides is 2. The topological polar surface area (TPSA) is 93.2 Å². The Labute approximate surface area is 197 Å². The monoisotopic (exact) mass is 496 g/mol. The second-order valence-electron chi connectivity index (χ2n) is 8.36. The second-order valence-corrected chi connectivity index (χ2v) is 12.1. The molecule has 10 heteroatoms. The van der Waals surface area contributed by atoms with Gasteiger partial charge >= 0.3 is 0 Å². The number of hydrogen-bond acceptors (Lipinski definition) is 6. The summed E-state index contributed by atoms with van der Waals surface area (Å²) in [5, 5.41) is 0. The largest absolute Gasteiger partial charge is 0.496 e. The molecule has 33 heavy (non-hydrogen) atoms. The normalized spacial score (nSPS) is 18.3. The molecular weight excluding hydrogens is 464 g/mol. The molecule has 2 aromatic rings. The Bertz CT molecular complexity index is 1270. The van der Waals surface area contributed by atoms with Crippen LogP contribution in [0.2, 0.25) is 0 Å². The highest BCUT2D eigenvalue weighted by atomic mass is 32.2. The average molecular weight is 497 g/mol. The molecule has 0 bridgehead atoms. The number of nitrogens with zero attached hydrogens (tertiary/aromatic N) is 2. The summed E-state index contributed by atoms with van der Waals surface area (Å²) in [6.07, 6.45) is 0. The Morgan fingerprint density at radius 3 is 1.61 bits per heavy atom. The molecule has 1 aliphatic heterocycles. The molecule has 0 N–H and O–H groups in total. The zero-order valence-corrected chi connectivity index (χ0v) is 21.8. The number of piperazine rings is 1. The third-order valence-electron chi connectivity index (χ3n) is 6.55. The minimum Gasteiger partial charge on any atom is -0.496 e. The first-order valence-corrected chi connectivity index (χ1v) is 13.6. The Morgan fingerprint density at radius 1 is 0.727 bits per heavy atom. The molecule has 1 atom stereocenters. The molecule has 0 aromatic heterocycles. The van der Waals surface area contributed by atoms with Crippen molar-refractivity contribution in [3.63, 3.8) is 0 Å². The van der Waals surface area contributed by atoms with Gasteiger partial charge in [-0.15, -0.1) is 0 Å². The summed E-state index contributed by atoms with van der Waals surface area (Å²) in [6.45, 7) is 9.09. The predicted octanol–water partition coefficient (Wildman–Crippen LogP) is 3.02. The van der Waals surface area contributed by atoms with E-state index in [1.807, 2.05) is 13.8 Å². The van der Waals surface area contributed by atoms with Crippen molar-refractivity contribution >= 4 is 20.0 Å². The van der Waals surface area contributed by atoms with E-state index in [4.69, 9.17) is 9.47 Å². The third kappa shape index (κ3) is 4.37. The van der Waals surface area contributed by atoms with Crippen LogP contribution < -0.4 is 9.47 Å². The quantitative estimate of drug-likeness (QED) is 0.610. The fourth-order valence-electron chi connectivity index (χ4n) is 4.29. The number of rotatable bonds is 6. The average Bonchev–Trinajstić information content (AvgIpc) is 2.76. The Hall–Kier alpha value is -2.14. The summed E-state index contributed by atoms with van der Waals surface area (Å²) in [6, 6.07) is 5.87. The zero-order valence-electron chi connectivity index (χ0n) is 20.2. The predicted molar refractivity (Wildman–Crippen MR) is 127 cm³/mol. The Morgan fingerprint density at radius 2 is 1.18 bits per heavy atom. The van der Waals surface area contributed by atoms with Crippen molar-refractivity contribution < 1.29 is 26.3 Å². The summed E-state index contributed by atoms with van der Waals surface area (Å²) >= 11 is 0. The fourth-order valence-corrected chi connectivity index (χ4v) is 7.98. The van der Waals surface area contributed by atoms with Crippen LogP contribution in [-0.2, 0) is 20.0 Å². The second kappa shape index (κ2) is 9.25. The van der Waals surface area contributed by atoms with Gasteiger partial charge in [-0.1, -0.05) is 0 Å². The van der Waals surface area contributed by atoms with Crippen LogP contribution >= 0.6 is 0 Å². The van der Waals surface area contributed by atoms with Crippen LogP contribution in [0.4, 0.5) is 0 Å². The van der Waals surface area contributed by atoms with E-state index in [1.165, 1.54) is 8.61 Å². The van der Waals surface area contributed by atoms with E-state index in [0.717, 1.165) is 11.1 Å². The lowest BCUT2D eigenvalue weighted by Crippen LogP contribution is -2.55. The molecular formula is C23H32N2O6S2. The molecule has 8 nitrogen and oxygen atoms in total. The first-order chi connectivity index (χ1) is 15.4. The number of hydrogen-bond donors (Lipinski definition) is 0. The van der Waals surface area contributed by atoms with E-state index in [1.54, 1.807) is 59.3 Å². The van der Waals surface area contributed by atoms with Crippen molar-refractivity contribution in [2.24, 2.45) is 0 Å². The lowest BCUT2D eigenvalue weighted by Gasteiger charge is -2.38. The molecule has 0 aliphatic carbocycles.